The van der Waals surface area contributed by atoms with Crippen LogP contribution < -0.4 is 0 Å². The van der Waals surface area contributed by atoms with Gasteiger partial charge in [-0.1, -0.05) is 0 Å². The molecule has 0 unspecified atom stereocenters. The van der Waals surface area contributed by atoms with Crippen molar-refractivity contribution in [2.45, 2.75) is 91.5 Å². The predicted molar refractivity (Wildman–Crippen MR) is 119 cm³/mol. The van der Waals surface area contributed by atoms with Crippen LogP contribution in [0.15, 0.2) is 0 Å². The molecule has 6 nitrogen and oxygen atoms in total. The van der Waals surface area contributed by atoms with Gasteiger partial charge in [0.2, 0.25) is 0 Å². The number of aliphatic hydroxyl groups is 1. The molecule has 1 N–H and O–H groups in total. The molecule has 1 aromatic rings. The predicted octanol–water partition coefficient (Wildman–Crippen LogP) is 2.82. The third kappa shape index (κ3) is 5.22. The minimum Gasteiger partial charge on any atom is -0.396 e. The zero-order valence-corrected chi connectivity index (χ0v) is 19.6. The van der Waals surface area contributed by atoms with E-state index >= 15 is 0 Å². The summed E-state index contributed by atoms with van der Waals surface area (Å²) in [5.74, 6) is 0. The minimum atomic E-state index is 0.281. The number of hydrogen-bond donors (Lipinski definition) is 1. The van der Waals surface area contributed by atoms with Crippen LogP contribution in [-0.4, -0.2) is 87.0 Å². The first-order chi connectivity index (χ1) is 13.8. The van der Waals surface area contributed by atoms with Gasteiger partial charge >= 0.3 is 0 Å². The summed E-state index contributed by atoms with van der Waals surface area (Å²) in [5.41, 5.74) is 3.86. The second-order valence-electron chi connectivity index (χ2n) is 9.69. The monoisotopic (exact) mass is 405 g/mol. The van der Waals surface area contributed by atoms with Crippen LogP contribution in [0.2, 0.25) is 0 Å². The van der Waals surface area contributed by atoms with E-state index < -0.39 is 0 Å². The van der Waals surface area contributed by atoms with E-state index in [4.69, 9.17) is 5.10 Å². The summed E-state index contributed by atoms with van der Waals surface area (Å²) in [6.07, 6.45) is 3.41. The van der Waals surface area contributed by atoms with Gasteiger partial charge in [0, 0.05) is 68.2 Å². The average Bonchev–Trinajstić information content (AvgIpc) is 2.97. The number of hydrogen-bond acceptors (Lipinski definition) is 5. The van der Waals surface area contributed by atoms with E-state index in [1.165, 1.54) is 42.9 Å². The molecule has 166 valence electrons. The molecule has 0 aromatic carbocycles. The Morgan fingerprint density at radius 3 is 2.24 bits per heavy atom. The molecule has 2 aliphatic heterocycles. The molecule has 1 aromatic heterocycles. The summed E-state index contributed by atoms with van der Waals surface area (Å²) in [7, 11) is 0. The lowest BCUT2D eigenvalue weighted by molar-refractivity contribution is -0.000135. The van der Waals surface area contributed by atoms with E-state index in [-0.39, 0.29) is 6.61 Å². The Bertz CT molecular complexity index is 648. The molecular formula is C23H43N5O. The van der Waals surface area contributed by atoms with E-state index in [1.807, 2.05) is 0 Å². The molecular weight excluding hydrogens is 362 g/mol. The molecule has 0 amide bonds. The lowest BCUT2D eigenvalue weighted by Crippen LogP contribution is -2.58. The fraction of sp³-hybridized carbons (Fsp3) is 0.870. The van der Waals surface area contributed by atoms with Gasteiger partial charge in [0.15, 0.2) is 0 Å². The van der Waals surface area contributed by atoms with Crippen LogP contribution in [0.5, 0.6) is 0 Å². The van der Waals surface area contributed by atoms with Crippen molar-refractivity contribution in [1.82, 2.24) is 24.5 Å². The fourth-order valence-corrected chi connectivity index (χ4v) is 5.35. The number of aromatic nitrogens is 2. The van der Waals surface area contributed by atoms with Crippen LogP contribution in [0.3, 0.4) is 0 Å². The van der Waals surface area contributed by atoms with Gasteiger partial charge in [0.1, 0.15) is 0 Å². The van der Waals surface area contributed by atoms with Crippen molar-refractivity contribution in [3.63, 3.8) is 0 Å². The first kappa shape index (κ1) is 22.7. The molecule has 3 rings (SSSR count). The van der Waals surface area contributed by atoms with E-state index in [1.54, 1.807) is 0 Å². The van der Waals surface area contributed by atoms with Crippen LogP contribution >= 0.6 is 0 Å². The highest BCUT2D eigenvalue weighted by Crippen LogP contribution is 2.26. The van der Waals surface area contributed by atoms with Crippen molar-refractivity contribution in [1.29, 1.82) is 0 Å². The zero-order chi connectivity index (χ0) is 21.1. The first-order valence-electron chi connectivity index (χ1n) is 11.7. The molecule has 0 radical (unpaired) electrons. The number of piperidine rings is 1. The van der Waals surface area contributed by atoms with Crippen molar-refractivity contribution in [2.75, 3.05) is 39.3 Å². The van der Waals surface area contributed by atoms with Crippen LogP contribution in [0.25, 0.3) is 0 Å². The quantitative estimate of drug-likeness (QED) is 0.756. The van der Waals surface area contributed by atoms with Gasteiger partial charge in [-0.25, -0.2) is 0 Å². The van der Waals surface area contributed by atoms with Crippen LogP contribution in [0, 0.1) is 13.8 Å². The molecule has 1 atom stereocenters. The van der Waals surface area contributed by atoms with Gasteiger partial charge in [-0.2, -0.15) is 5.10 Å². The molecule has 0 bridgehead atoms. The summed E-state index contributed by atoms with van der Waals surface area (Å²) in [6.45, 7) is 20.3. The van der Waals surface area contributed by atoms with Gasteiger partial charge in [-0.15, -0.1) is 0 Å². The zero-order valence-electron chi connectivity index (χ0n) is 19.6. The maximum atomic E-state index is 9.71. The van der Waals surface area contributed by atoms with Gasteiger partial charge in [-0.3, -0.25) is 14.5 Å². The molecule has 0 saturated carbocycles. The molecule has 0 spiro atoms. The third-order valence-electron chi connectivity index (χ3n) is 7.12. The van der Waals surface area contributed by atoms with Gasteiger partial charge < -0.3 is 10.0 Å². The Morgan fingerprint density at radius 1 is 1.00 bits per heavy atom. The molecule has 0 aliphatic carbocycles. The van der Waals surface area contributed by atoms with Gasteiger partial charge in [0.25, 0.3) is 0 Å². The van der Waals surface area contributed by atoms with E-state index in [2.05, 4.69) is 60.9 Å². The van der Waals surface area contributed by atoms with E-state index in [9.17, 15) is 5.11 Å². The molecule has 29 heavy (non-hydrogen) atoms. The van der Waals surface area contributed by atoms with Gasteiger partial charge in [0.05, 0.1) is 5.69 Å². The van der Waals surface area contributed by atoms with Crippen molar-refractivity contribution < 1.29 is 5.11 Å². The molecule has 2 saturated heterocycles. The summed E-state index contributed by atoms with van der Waals surface area (Å²) < 4.78 is 2.16. The van der Waals surface area contributed by atoms with E-state index in [0.717, 1.165) is 32.6 Å². The highest BCUT2D eigenvalue weighted by atomic mass is 16.3. The fourth-order valence-electron chi connectivity index (χ4n) is 5.35. The van der Waals surface area contributed by atoms with Crippen molar-refractivity contribution in [3.8, 4) is 0 Å². The summed E-state index contributed by atoms with van der Waals surface area (Å²) in [6, 6.07) is 2.19. The summed E-state index contributed by atoms with van der Waals surface area (Å²) in [4.78, 5) is 7.91. The normalized spacial score (nSPS) is 23.6. The second-order valence-corrected chi connectivity index (χ2v) is 9.69. The highest BCUT2D eigenvalue weighted by molar-refractivity contribution is 5.25. The second kappa shape index (κ2) is 9.90. The standard InChI is InChI=1S/C23H43N5O/c1-17(2)26-10-7-21(8-11-26)27-13-12-25(15-22(27)9-14-29)16-23-19(5)24-28(18(3)4)20(23)6/h17-18,21-22,29H,7-16H2,1-6H3/t22-/m0/s1. The SMILES string of the molecule is Cc1nn(C(C)C)c(C)c1CN1CCN(C2CCN(C(C)C)CC2)[C@@H](CCO)C1. The van der Waals surface area contributed by atoms with Crippen molar-refractivity contribution in [2.24, 2.45) is 0 Å². The van der Waals surface area contributed by atoms with Crippen LogP contribution in [0.4, 0.5) is 0 Å². The Balaban J connectivity index is 1.63. The smallest absolute Gasteiger partial charge is 0.0641 e. The highest BCUT2D eigenvalue weighted by Gasteiger charge is 2.34. The molecule has 2 aliphatic rings. The lowest BCUT2D eigenvalue weighted by Gasteiger charge is -2.48. The van der Waals surface area contributed by atoms with Gasteiger partial charge in [-0.05, 0) is 73.9 Å². The average molecular weight is 406 g/mol. The number of rotatable bonds is 7. The number of piperazine rings is 1. The maximum absolute atomic E-state index is 9.71. The molecule has 3 heterocycles. The largest absolute Gasteiger partial charge is 0.396 e. The number of aliphatic hydroxyl groups excluding tert-OH is 1. The number of aryl methyl sites for hydroxylation is 1. The van der Waals surface area contributed by atoms with Crippen molar-refractivity contribution >= 4 is 0 Å². The Hall–Kier alpha value is -0.950. The van der Waals surface area contributed by atoms with E-state index in [0.29, 0.717) is 24.2 Å². The Morgan fingerprint density at radius 2 is 1.69 bits per heavy atom. The maximum Gasteiger partial charge on any atom is 0.0641 e. The van der Waals surface area contributed by atoms with Crippen LogP contribution in [0.1, 0.15) is 70.0 Å². The number of nitrogens with zero attached hydrogens (tertiary/aromatic N) is 5. The molecule has 6 heteroatoms. The Labute approximate surface area is 177 Å². The minimum absolute atomic E-state index is 0.281. The number of likely N-dealkylation sites (tertiary alicyclic amines) is 1. The third-order valence-corrected chi connectivity index (χ3v) is 7.12. The summed E-state index contributed by atoms with van der Waals surface area (Å²) >= 11 is 0. The first-order valence-corrected chi connectivity index (χ1v) is 11.7. The molecule has 2 fully saturated rings. The Kier molecular flexibility index (Phi) is 7.76. The van der Waals surface area contributed by atoms with Crippen molar-refractivity contribution in [3.05, 3.63) is 17.0 Å². The summed E-state index contributed by atoms with van der Waals surface area (Å²) in [5, 5.41) is 14.5. The topological polar surface area (TPSA) is 47.8 Å². The lowest BCUT2D eigenvalue weighted by atomic mass is 9.97. The van der Waals surface area contributed by atoms with Crippen LogP contribution in [-0.2, 0) is 6.54 Å².